The zero-order valence-corrected chi connectivity index (χ0v) is 20.9. The number of halogens is 2. The molecule has 0 aliphatic rings. The molecular formula is C23H18Cl2N4O3S2. The molecule has 0 bridgehead atoms. The molecule has 0 radical (unpaired) electrons. The van der Waals surface area contributed by atoms with E-state index in [1.165, 1.54) is 15.6 Å². The molecule has 4 aromatic rings. The van der Waals surface area contributed by atoms with Gasteiger partial charge in [0.25, 0.3) is 5.91 Å². The summed E-state index contributed by atoms with van der Waals surface area (Å²) < 4.78 is 26.1. The molecule has 0 spiro atoms. The molecule has 11 heteroatoms. The lowest BCUT2D eigenvalue weighted by Gasteiger charge is -2.23. The summed E-state index contributed by atoms with van der Waals surface area (Å²) in [6.45, 7) is 0.0717. The molecule has 1 aromatic heterocycles. The summed E-state index contributed by atoms with van der Waals surface area (Å²) in [7, 11) is -3.59. The number of sulfonamides is 1. The molecule has 0 atom stereocenters. The van der Waals surface area contributed by atoms with Crippen molar-refractivity contribution in [2.75, 3.05) is 15.9 Å². The Morgan fingerprint density at radius 2 is 1.65 bits per heavy atom. The third kappa shape index (κ3) is 5.74. The smallest absolute Gasteiger partial charge is 0.257 e. The lowest BCUT2D eigenvalue weighted by molar-refractivity contribution is 0.102. The number of rotatable bonds is 7. The summed E-state index contributed by atoms with van der Waals surface area (Å²) in [4.78, 5) is 12.7. The van der Waals surface area contributed by atoms with Crippen molar-refractivity contribution in [1.82, 2.24) is 10.2 Å². The van der Waals surface area contributed by atoms with Gasteiger partial charge in [-0.15, -0.1) is 10.2 Å². The predicted molar refractivity (Wildman–Crippen MR) is 137 cm³/mol. The first-order valence-electron chi connectivity index (χ1n) is 9.93. The summed E-state index contributed by atoms with van der Waals surface area (Å²) >= 11 is 13.4. The Morgan fingerprint density at radius 1 is 0.971 bits per heavy atom. The summed E-state index contributed by atoms with van der Waals surface area (Å²) in [5, 5.41) is 12.9. The van der Waals surface area contributed by atoms with Crippen molar-refractivity contribution in [1.29, 1.82) is 0 Å². The first-order valence-corrected chi connectivity index (χ1v) is 13.3. The SMILES string of the molecule is CS(=O)(=O)N(Cc1ccccc1Cl)c1ccc(C(=O)Nc2nnc(-c3ccc(Cl)cc3)s2)cc1. The Morgan fingerprint density at radius 3 is 2.29 bits per heavy atom. The summed E-state index contributed by atoms with van der Waals surface area (Å²) in [6, 6.07) is 20.5. The number of nitrogens with one attached hydrogen (secondary N) is 1. The summed E-state index contributed by atoms with van der Waals surface area (Å²) in [5.41, 5.74) is 2.27. The van der Waals surface area contributed by atoms with E-state index in [0.29, 0.717) is 37.0 Å². The molecule has 1 amide bonds. The van der Waals surface area contributed by atoms with E-state index < -0.39 is 10.0 Å². The second-order valence-corrected chi connectivity index (χ2v) is 11.0. The Balaban J connectivity index is 1.49. The van der Waals surface area contributed by atoms with E-state index in [-0.39, 0.29) is 12.5 Å². The van der Waals surface area contributed by atoms with Crippen LogP contribution in [0.5, 0.6) is 0 Å². The third-order valence-corrected chi connectivity index (χ3v) is 7.48. The molecule has 4 rings (SSSR count). The zero-order chi connectivity index (χ0) is 24.3. The second kappa shape index (κ2) is 10.1. The van der Waals surface area contributed by atoms with Crippen LogP contribution in [0.4, 0.5) is 10.8 Å². The molecule has 0 saturated carbocycles. The van der Waals surface area contributed by atoms with Crippen molar-refractivity contribution in [2.24, 2.45) is 0 Å². The van der Waals surface area contributed by atoms with Gasteiger partial charge in [-0.25, -0.2) is 8.42 Å². The molecule has 0 aliphatic carbocycles. The van der Waals surface area contributed by atoms with Gasteiger partial charge in [-0.1, -0.05) is 64.9 Å². The van der Waals surface area contributed by atoms with Crippen LogP contribution >= 0.6 is 34.5 Å². The zero-order valence-electron chi connectivity index (χ0n) is 17.8. The lowest BCUT2D eigenvalue weighted by Crippen LogP contribution is -2.29. The molecule has 1 heterocycles. The topological polar surface area (TPSA) is 92.3 Å². The highest BCUT2D eigenvalue weighted by atomic mass is 35.5. The van der Waals surface area contributed by atoms with Crippen LogP contribution in [0, 0.1) is 0 Å². The van der Waals surface area contributed by atoms with Crippen LogP contribution in [0.25, 0.3) is 10.6 Å². The molecule has 174 valence electrons. The van der Waals surface area contributed by atoms with Crippen LogP contribution in [0.2, 0.25) is 10.0 Å². The van der Waals surface area contributed by atoms with Crippen LogP contribution in [0.15, 0.2) is 72.8 Å². The molecule has 0 fully saturated rings. The number of carbonyl (C=O) groups excluding carboxylic acids is 1. The molecule has 7 nitrogen and oxygen atoms in total. The van der Waals surface area contributed by atoms with Crippen LogP contribution < -0.4 is 9.62 Å². The maximum Gasteiger partial charge on any atom is 0.257 e. The van der Waals surface area contributed by atoms with Gasteiger partial charge >= 0.3 is 0 Å². The molecule has 3 aromatic carbocycles. The molecule has 0 aliphatic heterocycles. The van der Waals surface area contributed by atoms with Crippen molar-refractivity contribution >= 4 is 61.3 Å². The van der Waals surface area contributed by atoms with Crippen LogP contribution in [-0.4, -0.2) is 30.8 Å². The Hall–Kier alpha value is -2.98. The fraction of sp³-hybridized carbons (Fsp3) is 0.0870. The number of anilines is 2. The van der Waals surface area contributed by atoms with E-state index in [0.717, 1.165) is 11.8 Å². The van der Waals surface area contributed by atoms with Crippen LogP contribution in [0.3, 0.4) is 0 Å². The maximum atomic E-state index is 12.7. The Kier molecular flexibility index (Phi) is 7.18. The predicted octanol–water partition coefficient (Wildman–Crippen LogP) is 5.73. The summed E-state index contributed by atoms with van der Waals surface area (Å²) in [6.07, 6.45) is 1.12. The standard InChI is InChI=1S/C23H18Cl2N4O3S2/c1-34(31,32)29(14-17-4-2-3-5-20(17)25)19-12-8-15(9-13-19)21(30)26-23-28-27-22(33-23)16-6-10-18(24)11-7-16/h2-13H,14H2,1H3,(H,26,28,30). The Bertz CT molecular complexity index is 1420. The number of aromatic nitrogens is 2. The van der Waals surface area contributed by atoms with E-state index in [1.54, 1.807) is 60.7 Å². The highest BCUT2D eigenvalue weighted by Crippen LogP contribution is 2.28. The number of hydrogen-bond donors (Lipinski definition) is 1. The minimum atomic E-state index is -3.59. The third-order valence-electron chi connectivity index (χ3n) is 4.83. The summed E-state index contributed by atoms with van der Waals surface area (Å²) in [5.74, 6) is -0.387. The number of nitrogens with zero attached hydrogens (tertiary/aromatic N) is 3. The van der Waals surface area contributed by atoms with Gasteiger partial charge in [0.05, 0.1) is 18.5 Å². The van der Waals surface area contributed by atoms with E-state index in [1.807, 2.05) is 12.1 Å². The molecular weight excluding hydrogens is 515 g/mol. The maximum absolute atomic E-state index is 12.7. The van der Waals surface area contributed by atoms with Crippen molar-refractivity contribution in [3.63, 3.8) is 0 Å². The van der Waals surface area contributed by atoms with Gasteiger partial charge in [0.2, 0.25) is 15.2 Å². The van der Waals surface area contributed by atoms with E-state index in [2.05, 4.69) is 15.5 Å². The van der Waals surface area contributed by atoms with Crippen molar-refractivity contribution in [3.05, 3.63) is 94.0 Å². The lowest BCUT2D eigenvalue weighted by atomic mass is 10.2. The van der Waals surface area contributed by atoms with Gasteiger partial charge in [0.15, 0.2) is 0 Å². The van der Waals surface area contributed by atoms with Gasteiger partial charge in [-0.2, -0.15) is 0 Å². The monoisotopic (exact) mass is 532 g/mol. The van der Waals surface area contributed by atoms with Gasteiger partial charge < -0.3 is 0 Å². The van der Waals surface area contributed by atoms with Crippen molar-refractivity contribution in [2.45, 2.75) is 6.54 Å². The van der Waals surface area contributed by atoms with Crippen LogP contribution in [-0.2, 0) is 16.6 Å². The number of amides is 1. The minimum absolute atomic E-state index is 0.0717. The molecule has 0 unspecified atom stereocenters. The average molecular weight is 533 g/mol. The van der Waals surface area contributed by atoms with Gasteiger partial charge in [0.1, 0.15) is 5.01 Å². The number of hydrogen-bond acceptors (Lipinski definition) is 6. The number of carbonyl (C=O) groups is 1. The largest absolute Gasteiger partial charge is 0.296 e. The molecule has 0 saturated heterocycles. The average Bonchev–Trinajstić information content (AvgIpc) is 3.27. The van der Waals surface area contributed by atoms with Crippen molar-refractivity contribution < 1.29 is 13.2 Å². The van der Waals surface area contributed by atoms with Crippen molar-refractivity contribution in [3.8, 4) is 10.6 Å². The second-order valence-electron chi connectivity index (χ2n) is 7.28. The van der Waals surface area contributed by atoms with Gasteiger partial charge in [0, 0.05) is 21.2 Å². The highest BCUT2D eigenvalue weighted by molar-refractivity contribution is 7.92. The van der Waals surface area contributed by atoms with Gasteiger partial charge in [-0.3, -0.25) is 14.4 Å². The minimum Gasteiger partial charge on any atom is -0.296 e. The molecule has 34 heavy (non-hydrogen) atoms. The quantitative estimate of drug-likeness (QED) is 0.328. The van der Waals surface area contributed by atoms with E-state index in [9.17, 15) is 13.2 Å². The highest BCUT2D eigenvalue weighted by Gasteiger charge is 2.20. The first-order chi connectivity index (χ1) is 16.2. The van der Waals surface area contributed by atoms with Crippen LogP contribution in [0.1, 0.15) is 15.9 Å². The van der Waals surface area contributed by atoms with Gasteiger partial charge in [-0.05, 0) is 48.0 Å². The fourth-order valence-electron chi connectivity index (χ4n) is 3.11. The van der Waals surface area contributed by atoms with E-state index >= 15 is 0 Å². The van der Waals surface area contributed by atoms with E-state index in [4.69, 9.17) is 23.2 Å². The number of benzene rings is 3. The fourth-order valence-corrected chi connectivity index (χ4v) is 5.06. The molecule has 1 N–H and O–H groups in total. The first kappa shape index (κ1) is 24.2. The normalized spacial score (nSPS) is 11.3. The Labute approximate surface area is 211 Å².